The molecule has 0 fully saturated rings. The average molecular weight is 503 g/mol. The molecule has 0 atom stereocenters. The number of nitrogens with zero attached hydrogens (tertiary/aromatic N) is 1. The number of halogens is 5. The van der Waals surface area contributed by atoms with Crippen molar-refractivity contribution in [1.29, 1.82) is 0 Å². The third kappa shape index (κ3) is 5.53. The summed E-state index contributed by atoms with van der Waals surface area (Å²) in [6.07, 6.45) is 1.46. The third-order valence-electron chi connectivity index (χ3n) is 3.35. The van der Waals surface area contributed by atoms with Crippen LogP contribution in [0.1, 0.15) is 5.56 Å². The predicted molar refractivity (Wildman–Crippen MR) is 117 cm³/mol. The standard InChI is InChI=1S/C17H13Cl5N2O3S/c1-26-9-4-3-8(10(5-9)27-2)6-23-24-11(25)7-28-17-15(21)13(19)12(18)14(20)16(17)22/h3-6H,7H2,1-2H3,(H,24,25)/b23-6-. The smallest absolute Gasteiger partial charge is 0.250 e. The number of carbonyl (C=O) groups is 1. The van der Waals surface area contributed by atoms with E-state index in [0.717, 1.165) is 11.8 Å². The van der Waals surface area contributed by atoms with Crippen LogP contribution in [0.15, 0.2) is 28.2 Å². The molecule has 0 aliphatic carbocycles. The van der Waals surface area contributed by atoms with Gasteiger partial charge in [-0.05, 0) is 12.1 Å². The number of nitrogens with one attached hydrogen (secondary N) is 1. The molecule has 5 nitrogen and oxygen atoms in total. The van der Waals surface area contributed by atoms with Crippen LogP contribution in [0.5, 0.6) is 11.5 Å². The first-order valence-corrected chi connectivity index (χ1v) is 10.4. The first-order chi connectivity index (χ1) is 13.3. The van der Waals surface area contributed by atoms with Crippen LogP contribution in [0.2, 0.25) is 25.1 Å². The van der Waals surface area contributed by atoms with Crippen LogP contribution in [-0.4, -0.2) is 32.1 Å². The topological polar surface area (TPSA) is 59.9 Å². The number of benzene rings is 2. The number of methoxy groups -OCH3 is 2. The fraction of sp³-hybridized carbons (Fsp3) is 0.176. The number of hydrazone groups is 1. The van der Waals surface area contributed by atoms with Crippen LogP contribution in [0, 0.1) is 0 Å². The molecule has 0 unspecified atom stereocenters. The summed E-state index contributed by atoms with van der Waals surface area (Å²) in [5.41, 5.74) is 3.07. The second-order valence-electron chi connectivity index (χ2n) is 5.09. The number of carbonyl (C=O) groups excluding carboxylic acids is 1. The van der Waals surface area contributed by atoms with Crippen molar-refractivity contribution in [3.8, 4) is 11.5 Å². The maximum Gasteiger partial charge on any atom is 0.250 e. The zero-order chi connectivity index (χ0) is 20.8. The Morgan fingerprint density at radius 3 is 2.21 bits per heavy atom. The molecule has 1 amide bonds. The van der Waals surface area contributed by atoms with Crippen molar-refractivity contribution in [2.45, 2.75) is 4.90 Å². The Labute approximate surface area is 191 Å². The maximum atomic E-state index is 12.0. The molecule has 2 aromatic carbocycles. The number of thioether (sulfide) groups is 1. The van der Waals surface area contributed by atoms with Crippen molar-refractivity contribution < 1.29 is 14.3 Å². The second-order valence-corrected chi connectivity index (χ2v) is 7.96. The number of hydrogen-bond donors (Lipinski definition) is 1. The van der Waals surface area contributed by atoms with Gasteiger partial charge in [-0.2, -0.15) is 5.10 Å². The summed E-state index contributed by atoms with van der Waals surface area (Å²) in [7, 11) is 3.08. The lowest BCUT2D eigenvalue weighted by molar-refractivity contribution is -0.118. The van der Waals surface area contributed by atoms with Gasteiger partial charge in [-0.1, -0.05) is 58.0 Å². The number of amides is 1. The van der Waals surface area contributed by atoms with Gasteiger partial charge in [-0.25, -0.2) is 5.43 Å². The van der Waals surface area contributed by atoms with Gasteiger partial charge in [0.05, 0.1) is 51.3 Å². The van der Waals surface area contributed by atoms with E-state index in [2.05, 4.69) is 10.5 Å². The van der Waals surface area contributed by atoms with Crippen molar-refractivity contribution in [2.75, 3.05) is 20.0 Å². The van der Waals surface area contributed by atoms with Gasteiger partial charge in [-0.15, -0.1) is 11.8 Å². The molecule has 11 heteroatoms. The van der Waals surface area contributed by atoms with Gasteiger partial charge in [0.15, 0.2) is 0 Å². The summed E-state index contributed by atoms with van der Waals surface area (Å²) >= 11 is 31.3. The minimum absolute atomic E-state index is 0.0230. The van der Waals surface area contributed by atoms with Crippen molar-refractivity contribution in [3.05, 3.63) is 48.9 Å². The number of rotatable bonds is 7. The van der Waals surface area contributed by atoms with Gasteiger partial charge in [0.2, 0.25) is 5.91 Å². The lowest BCUT2D eigenvalue weighted by Gasteiger charge is -2.11. The van der Waals surface area contributed by atoms with E-state index in [4.69, 9.17) is 67.5 Å². The lowest BCUT2D eigenvalue weighted by Crippen LogP contribution is -2.19. The highest BCUT2D eigenvalue weighted by Gasteiger charge is 2.20. The lowest BCUT2D eigenvalue weighted by atomic mass is 10.2. The van der Waals surface area contributed by atoms with E-state index in [1.807, 2.05) is 0 Å². The molecule has 0 spiro atoms. The minimum Gasteiger partial charge on any atom is -0.497 e. The van der Waals surface area contributed by atoms with Gasteiger partial charge in [0.25, 0.3) is 0 Å². The Bertz CT molecular complexity index is 895. The summed E-state index contributed by atoms with van der Waals surface area (Å²) in [5.74, 6) is 0.785. The summed E-state index contributed by atoms with van der Waals surface area (Å²) < 4.78 is 10.4. The molecule has 0 aliphatic heterocycles. The Balaban J connectivity index is 2.02. The van der Waals surface area contributed by atoms with Crippen LogP contribution in [0.25, 0.3) is 0 Å². The first-order valence-electron chi connectivity index (χ1n) is 7.48. The van der Waals surface area contributed by atoms with Gasteiger partial charge in [-0.3, -0.25) is 4.79 Å². The van der Waals surface area contributed by atoms with Gasteiger partial charge in [0, 0.05) is 16.5 Å². The van der Waals surface area contributed by atoms with E-state index in [1.54, 1.807) is 25.3 Å². The van der Waals surface area contributed by atoms with Gasteiger partial charge in [0.1, 0.15) is 11.5 Å². The Morgan fingerprint density at radius 1 is 1.04 bits per heavy atom. The highest BCUT2D eigenvalue weighted by atomic mass is 35.5. The minimum atomic E-state index is -0.386. The second kappa shape index (κ2) is 10.7. The molecule has 0 aliphatic rings. The quantitative estimate of drug-likeness (QED) is 0.161. The summed E-state index contributed by atoms with van der Waals surface area (Å²) in [5, 5.41) is 4.38. The maximum absolute atomic E-state index is 12.0. The van der Waals surface area contributed by atoms with Crippen LogP contribution in [-0.2, 0) is 4.79 Å². The Morgan fingerprint density at radius 2 is 1.64 bits per heavy atom. The van der Waals surface area contributed by atoms with E-state index in [1.165, 1.54) is 13.3 Å². The van der Waals surface area contributed by atoms with Crippen LogP contribution in [0.3, 0.4) is 0 Å². The van der Waals surface area contributed by atoms with Crippen LogP contribution in [0.4, 0.5) is 0 Å². The Kier molecular flexibility index (Phi) is 8.86. The molecular formula is C17H13Cl5N2O3S. The fourth-order valence-corrected chi connectivity index (χ4v) is 4.36. The predicted octanol–water partition coefficient (Wildman–Crippen LogP) is 6.21. The molecule has 2 rings (SSSR count). The molecule has 150 valence electrons. The van der Waals surface area contributed by atoms with Crippen molar-refractivity contribution in [3.63, 3.8) is 0 Å². The summed E-state index contributed by atoms with van der Waals surface area (Å²) in [6, 6.07) is 5.20. The summed E-state index contributed by atoms with van der Waals surface area (Å²) in [4.78, 5) is 12.4. The largest absolute Gasteiger partial charge is 0.497 e. The van der Waals surface area contributed by atoms with E-state index < -0.39 is 0 Å². The van der Waals surface area contributed by atoms with Gasteiger partial charge < -0.3 is 9.47 Å². The molecule has 0 radical (unpaired) electrons. The highest BCUT2D eigenvalue weighted by molar-refractivity contribution is 8.00. The molecule has 1 N–H and O–H groups in total. The Hall–Kier alpha value is -1.02. The molecule has 2 aromatic rings. The normalized spacial score (nSPS) is 11.0. The average Bonchev–Trinajstić information content (AvgIpc) is 2.70. The van der Waals surface area contributed by atoms with E-state index in [9.17, 15) is 4.79 Å². The van der Waals surface area contributed by atoms with E-state index >= 15 is 0 Å². The SMILES string of the molecule is COc1ccc(/C=N\NC(=O)CSc2c(Cl)c(Cl)c(Cl)c(Cl)c2Cl)c(OC)c1. The molecule has 0 saturated heterocycles. The molecule has 0 saturated carbocycles. The van der Waals surface area contributed by atoms with Crippen LogP contribution >= 0.6 is 69.8 Å². The van der Waals surface area contributed by atoms with Gasteiger partial charge >= 0.3 is 0 Å². The zero-order valence-corrected chi connectivity index (χ0v) is 19.1. The molecule has 0 bridgehead atoms. The molecule has 28 heavy (non-hydrogen) atoms. The van der Waals surface area contributed by atoms with Crippen molar-refractivity contribution in [2.24, 2.45) is 5.10 Å². The monoisotopic (exact) mass is 500 g/mol. The van der Waals surface area contributed by atoms with Crippen LogP contribution < -0.4 is 14.9 Å². The van der Waals surface area contributed by atoms with Crippen molar-refractivity contribution in [1.82, 2.24) is 5.43 Å². The number of ether oxygens (including phenoxy) is 2. The van der Waals surface area contributed by atoms with Crippen molar-refractivity contribution >= 4 is 81.9 Å². The summed E-state index contributed by atoms with van der Waals surface area (Å²) in [6.45, 7) is 0. The van der Waals surface area contributed by atoms with E-state index in [-0.39, 0.29) is 36.8 Å². The molecular weight excluding hydrogens is 490 g/mol. The van der Waals surface area contributed by atoms with E-state index in [0.29, 0.717) is 22.0 Å². The first kappa shape index (κ1) is 23.3. The third-order valence-corrected chi connectivity index (χ3v) is 6.95. The highest BCUT2D eigenvalue weighted by Crippen LogP contribution is 2.47. The zero-order valence-electron chi connectivity index (χ0n) is 14.5. The number of hydrogen-bond acceptors (Lipinski definition) is 5. The molecule has 0 heterocycles. The fourth-order valence-electron chi connectivity index (χ4n) is 1.98. The molecule has 0 aromatic heterocycles.